The maximum atomic E-state index is 12.1. The van der Waals surface area contributed by atoms with Gasteiger partial charge >= 0.3 is 0 Å². The molecule has 0 aromatic heterocycles. The molecule has 1 heterocycles. The average Bonchev–Trinajstić information content (AvgIpc) is 2.42. The van der Waals surface area contributed by atoms with Gasteiger partial charge in [0.1, 0.15) is 0 Å². The van der Waals surface area contributed by atoms with E-state index in [4.69, 9.17) is 0 Å². The van der Waals surface area contributed by atoms with Crippen molar-refractivity contribution >= 4 is 17.5 Å². The smallest absolute Gasteiger partial charge is 0.239 e. The van der Waals surface area contributed by atoms with Crippen LogP contribution in [-0.4, -0.2) is 30.4 Å². The maximum absolute atomic E-state index is 12.1. The number of fused-ring (bicyclic) bond motifs is 1. The van der Waals surface area contributed by atoms with Gasteiger partial charge in [-0.25, -0.2) is 0 Å². The molecule has 1 aromatic rings. The second kappa shape index (κ2) is 6.16. The summed E-state index contributed by atoms with van der Waals surface area (Å²) in [6.07, 6.45) is 0.704. The van der Waals surface area contributed by atoms with Gasteiger partial charge in [-0.2, -0.15) is 0 Å². The SMILES string of the molecule is CC(C)(C)NC(=O)CNC(=O)C1CNc2ccccc2C1. The number of nitrogens with one attached hydrogen (secondary N) is 3. The van der Waals surface area contributed by atoms with Crippen LogP contribution in [0, 0.1) is 5.92 Å². The molecule has 5 heteroatoms. The van der Waals surface area contributed by atoms with Crippen molar-refractivity contribution in [1.29, 1.82) is 0 Å². The van der Waals surface area contributed by atoms with Crippen LogP contribution in [0.4, 0.5) is 5.69 Å². The van der Waals surface area contributed by atoms with E-state index in [0.717, 1.165) is 11.3 Å². The number of amides is 2. The highest BCUT2D eigenvalue weighted by molar-refractivity contribution is 5.87. The van der Waals surface area contributed by atoms with Gasteiger partial charge in [0, 0.05) is 17.8 Å². The Labute approximate surface area is 125 Å². The molecule has 5 nitrogen and oxygen atoms in total. The van der Waals surface area contributed by atoms with E-state index in [9.17, 15) is 9.59 Å². The largest absolute Gasteiger partial charge is 0.384 e. The van der Waals surface area contributed by atoms with E-state index < -0.39 is 0 Å². The molecule has 1 unspecified atom stereocenters. The molecule has 114 valence electrons. The Morgan fingerprint density at radius 3 is 2.71 bits per heavy atom. The Balaban J connectivity index is 1.84. The molecule has 2 amide bonds. The standard InChI is InChI=1S/C16H23N3O2/c1-16(2,3)19-14(20)10-18-15(21)12-8-11-6-4-5-7-13(11)17-9-12/h4-7,12,17H,8-10H2,1-3H3,(H,18,21)(H,19,20). The van der Waals surface area contributed by atoms with Crippen LogP contribution in [0.1, 0.15) is 26.3 Å². The third-order valence-electron chi connectivity index (χ3n) is 3.33. The first-order valence-electron chi connectivity index (χ1n) is 7.25. The Bertz CT molecular complexity index is 535. The van der Waals surface area contributed by atoms with Gasteiger partial charge in [0.2, 0.25) is 11.8 Å². The summed E-state index contributed by atoms with van der Waals surface area (Å²) in [5, 5.41) is 8.80. The molecule has 1 aromatic carbocycles. The highest BCUT2D eigenvalue weighted by atomic mass is 16.2. The van der Waals surface area contributed by atoms with Crippen LogP contribution < -0.4 is 16.0 Å². The number of carbonyl (C=O) groups is 2. The van der Waals surface area contributed by atoms with Crippen molar-refractivity contribution in [1.82, 2.24) is 10.6 Å². The molecule has 0 bridgehead atoms. The second-order valence-corrected chi connectivity index (χ2v) is 6.46. The molecule has 0 aliphatic carbocycles. The molecule has 0 saturated heterocycles. The zero-order chi connectivity index (χ0) is 15.5. The molecular weight excluding hydrogens is 266 g/mol. The molecule has 0 radical (unpaired) electrons. The third kappa shape index (κ3) is 4.48. The zero-order valence-electron chi connectivity index (χ0n) is 12.8. The summed E-state index contributed by atoms with van der Waals surface area (Å²) < 4.78 is 0. The van der Waals surface area contributed by atoms with Crippen LogP contribution in [0.15, 0.2) is 24.3 Å². The molecule has 3 N–H and O–H groups in total. The van der Waals surface area contributed by atoms with Crippen LogP contribution in [0.25, 0.3) is 0 Å². The van der Waals surface area contributed by atoms with Crippen LogP contribution >= 0.6 is 0 Å². The van der Waals surface area contributed by atoms with Gasteiger partial charge in [-0.3, -0.25) is 9.59 Å². The molecule has 0 saturated carbocycles. The zero-order valence-corrected chi connectivity index (χ0v) is 12.8. The topological polar surface area (TPSA) is 70.2 Å². The summed E-state index contributed by atoms with van der Waals surface area (Å²) in [6, 6.07) is 7.98. The lowest BCUT2D eigenvalue weighted by Gasteiger charge is -2.25. The van der Waals surface area contributed by atoms with Gasteiger partial charge in [-0.05, 0) is 38.8 Å². The van der Waals surface area contributed by atoms with Crippen molar-refractivity contribution in [2.24, 2.45) is 5.92 Å². The first-order chi connectivity index (χ1) is 9.85. The fourth-order valence-electron chi connectivity index (χ4n) is 2.40. The van der Waals surface area contributed by atoms with E-state index in [-0.39, 0.29) is 29.8 Å². The summed E-state index contributed by atoms with van der Waals surface area (Å²) >= 11 is 0. The first kappa shape index (κ1) is 15.4. The van der Waals surface area contributed by atoms with E-state index in [1.165, 1.54) is 0 Å². The number of hydrogen-bond acceptors (Lipinski definition) is 3. The highest BCUT2D eigenvalue weighted by Gasteiger charge is 2.24. The molecule has 1 aliphatic rings. The summed E-state index contributed by atoms with van der Waals surface area (Å²) in [5.74, 6) is -0.386. The van der Waals surface area contributed by atoms with Crippen molar-refractivity contribution in [3.8, 4) is 0 Å². The third-order valence-corrected chi connectivity index (χ3v) is 3.33. The van der Waals surface area contributed by atoms with E-state index >= 15 is 0 Å². The Kier molecular flexibility index (Phi) is 4.50. The number of hydrogen-bond donors (Lipinski definition) is 3. The quantitative estimate of drug-likeness (QED) is 0.785. The Hall–Kier alpha value is -2.04. The lowest BCUT2D eigenvalue weighted by Crippen LogP contribution is -2.47. The number of anilines is 1. The van der Waals surface area contributed by atoms with Crippen LogP contribution in [0.5, 0.6) is 0 Å². The summed E-state index contributed by atoms with van der Waals surface area (Å²) in [4.78, 5) is 23.8. The van der Waals surface area contributed by atoms with Gasteiger partial charge in [0.05, 0.1) is 12.5 Å². The number of rotatable bonds is 3. The van der Waals surface area contributed by atoms with Gasteiger partial charge in [0.15, 0.2) is 0 Å². The van der Waals surface area contributed by atoms with Crippen molar-refractivity contribution in [3.63, 3.8) is 0 Å². The molecule has 21 heavy (non-hydrogen) atoms. The molecule has 1 aliphatic heterocycles. The minimum absolute atomic E-state index is 0.0221. The second-order valence-electron chi connectivity index (χ2n) is 6.46. The predicted molar refractivity (Wildman–Crippen MR) is 83.0 cm³/mol. The van der Waals surface area contributed by atoms with Gasteiger partial charge in [-0.1, -0.05) is 18.2 Å². The molecule has 0 fully saturated rings. The van der Waals surface area contributed by atoms with E-state index in [1.54, 1.807) is 0 Å². The molecule has 1 atom stereocenters. The lowest BCUT2D eigenvalue weighted by molar-refractivity contribution is -0.128. The number of carbonyl (C=O) groups excluding carboxylic acids is 2. The van der Waals surface area contributed by atoms with Crippen molar-refractivity contribution in [2.75, 3.05) is 18.4 Å². The van der Waals surface area contributed by atoms with Gasteiger partial charge in [0.25, 0.3) is 0 Å². The minimum atomic E-state index is -0.285. The van der Waals surface area contributed by atoms with Crippen molar-refractivity contribution in [2.45, 2.75) is 32.7 Å². The summed E-state index contributed by atoms with van der Waals surface area (Å²) in [7, 11) is 0. The summed E-state index contributed by atoms with van der Waals surface area (Å²) in [5.41, 5.74) is 1.95. The molecular formula is C16H23N3O2. The number of benzene rings is 1. The minimum Gasteiger partial charge on any atom is -0.384 e. The highest BCUT2D eigenvalue weighted by Crippen LogP contribution is 2.24. The van der Waals surface area contributed by atoms with Gasteiger partial charge < -0.3 is 16.0 Å². The Morgan fingerprint density at radius 2 is 2.00 bits per heavy atom. The van der Waals surface area contributed by atoms with Crippen LogP contribution in [0.2, 0.25) is 0 Å². The fraction of sp³-hybridized carbons (Fsp3) is 0.500. The summed E-state index contributed by atoms with van der Waals surface area (Å²) in [6.45, 7) is 6.36. The molecule has 2 rings (SSSR count). The monoisotopic (exact) mass is 289 g/mol. The first-order valence-corrected chi connectivity index (χ1v) is 7.25. The Morgan fingerprint density at radius 1 is 1.29 bits per heavy atom. The normalized spacial score (nSPS) is 17.4. The lowest BCUT2D eigenvalue weighted by atomic mass is 9.93. The molecule has 0 spiro atoms. The maximum Gasteiger partial charge on any atom is 0.239 e. The average molecular weight is 289 g/mol. The van der Waals surface area contributed by atoms with Crippen LogP contribution in [-0.2, 0) is 16.0 Å². The van der Waals surface area contributed by atoms with Gasteiger partial charge in [-0.15, -0.1) is 0 Å². The predicted octanol–water partition coefficient (Wildman–Crippen LogP) is 1.30. The van der Waals surface area contributed by atoms with Crippen molar-refractivity contribution < 1.29 is 9.59 Å². The fourth-order valence-corrected chi connectivity index (χ4v) is 2.40. The van der Waals surface area contributed by atoms with Crippen LogP contribution in [0.3, 0.4) is 0 Å². The van der Waals surface area contributed by atoms with E-state index in [0.29, 0.717) is 13.0 Å². The number of para-hydroxylation sites is 1. The van der Waals surface area contributed by atoms with Crippen molar-refractivity contribution in [3.05, 3.63) is 29.8 Å². The van der Waals surface area contributed by atoms with E-state index in [2.05, 4.69) is 16.0 Å². The van der Waals surface area contributed by atoms with E-state index in [1.807, 2.05) is 45.0 Å².